The van der Waals surface area contributed by atoms with E-state index in [1.165, 1.54) is 11.1 Å². The highest BCUT2D eigenvalue weighted by Crippen LogP contribution is 2.27. The molecule has 2 heteroatoms. The van der Waals surface area contributed by atoms with Gasteiger partial charge in [0.2, 0.25) is 0 Å². The fourth-order valence-electron chi connectivity index (χ4n) is 2.27. The third kappa shape index (κ3) is 3.06. The summed E-state index contributed by atoms with van der Waals surface area (Å²) in [4.78, 5) is 0. The molecule has 0 heterocycles. The first kappa shape index (κ1) is 13.2. The normalized spacial score (nSPS) is 13.1. The van der Waals surface area contributed by atoms with Gasteiger partial charge in [0.15, 0.2) is 0 Å². The summed E-state index contributed by atoms with van der Waals surface area (Å²) in [5.41, 5.74) is 5.67. The second-order valence-corrected chi connectivity index (χ2v) is 4.32. The van der Waals surface area contributed by atoms with E-state index in [0.717, 1.165) is 19.3 Å². The van der Waals surface area contributed by atoms with Crippen molar-refractivity contribution in [2.45, 2.75) is 46.1 Å². The molecule has 90 valence electrons. The summed E-state index contributed by atoms with van der Waals surface area (Å²) >= 11 is 0. The standard InChI is InChI=1S/C14H24N2/c1-4-11-8-7-9-13(10-11)14(16-15)12(5-2)6-3/h7-10,12,14,16H,4-6,15H2,1-3H3. The Hall–Kier alpha value is -0.860. The number of hydrogen-bond acceptors (Lipinski definition) is 2. The van der Waals surface area contributed by atoms with Gasteiger partial charge in [-0.1, -0.05) is 57.9 Å². The molecule has 0 bridgehead atoms. The third-order valence-electron chi connectivity index (χ3n) is 3.42. The van der Waals surface area contributed by atoms with Crippen LogP contribution in [0.3, 0.4) is 0 Å². The molecule has 3 N–H and O–H groups in total. The molecule has 1 aromatic carbocycles. The van der Waals surface area contributed by atoms with Crippen LogP contribution >= 0.6 is 0 Å². The van der Waals surface area contributed by atoms with Crippen molar-refractivity contribution >= 4 is 0 Å². The highest BCUT2D eigenvalue weighted by Gasteiger charge is 2.18. The number of rotatable bonds is 6. The zero-order valence-electron chi connectivity index (χ0n) is 10.7. The molecule has 1 aromatic rings. The lowest BCUT2D eigenvalue weighted by Crippen LogP contribution is -2.33. The molecule has 2 nitrogen and oxygen atoms in total. The van der Waals surface area contributed by atoms with E-state index in [4.69, 9.17) is 5.84 Å². The summed E-state index contributed by atoms with van der Waals surface area (Å²) in [5, 5.41) is 0. The molecule has 1 unspecified atom stereocenters. The topological polar surface area (TPSA) is 38.0 Å². The summed E-state index contributed by atoms with van der Waals surface area (Å²) in [6.07, 6.45) is 3.39. The maximum absolute atomic E-state index is 5.70. The van der Waals surface area contributed by atoms with Crippen LogP contribution in [0.15, 0.2) is 24.3 Å². The van der Waals surface area contributed by atoms with E-state index in [1.54, 1.807) is 0 Å². The van der Waals surface area contributed by atoms with Gasteiger partial charge in [-0.3, -0.25) is 11.3 Å². The lowest BCUT2D eigenvalue weighted by atomic mass is 9.88. The van der Waals surface area contributed by atoms with Crippen molar-refractivity contribution in [2.75, 3.05) is 0 Å². The van der Waals surface area contributed by atoms with Crippen LogP contribution in [0.1, 0.15) is 50.8 Å². The van der Waals surface area contributed by atoms with Gasteiger partial charge in [0.1, 0.15) is 0 Å². The van der Waals surface area contributed by atoms with Crippen molar-refractivity contribution in [3.8, 4) is 0 Å². The van der Waals surface area contributed by atoms with Gasteiger partial charge < -0.3 is 0 Å². The minimum atomic E-state index is 0.279. The molecule has 0 saturated carbocycles. The van der Waals surface area contributed by atoms with Crippen LogP contribution in [0.4, 0.5) is 0 Å². The highest BCUT2D eigenvalue weighted by atomic mass is 15.2. The third-order valence-corrected chi connectivity index (χ3v) is 3.42. The Morgan fingerprint density at radius 2 is 1.88 bits per heavy atom. The Morgan fingerprint density at radius 1 is 1.19 bits per heavy atom. The Labute approximate surface area is 99.2 Å². The average Bonchev–Trinajstić information content (AvgIpc) is 2.35. The zero-order valence-corrected chi connectivity index (χ0v) is 10.7. The molecular weight excluding hydrogens is 196 g/mol. The smallest absolute Gasteiger partial charge is 0.0488 e. The Bertz CT molecular complexity index is 305. The van der Waals surface area contributed by atoms with Crippen LogP contribution in [0.25, 0.3) is 0 Å². The lowest BCUT2D eigenvalue weighted by molar-refractivity contribution is 0.345. The predicted octanol–water partition coefficient (Wildman–Crippen LogP) is 3.19. The molecule has 1 rings (SSSR count). The van der Waals surface area contributed by atoms with Gasteiger partial charge >= 0.3 is 0 Å². The van der Waals surface area contributed by atoms with E-state index in [1.807, 2.05) is 0 Å². The Balaban J connectivity index is 2.93. The second-order valence-electron chi connectivity index (χ2n) is 4.32. The first-order chi connectivity index (χ1) is 7.76. The van der Waals surface area contributed by atoms with Crippen LogP contribution < -0.4 is 11.3 Å². The molecule has 0 spiro atoms. The van der Waals surface area contributed by atoms with Gasteiger partial charge in [-0.05, 0) is 23.5 Å². The highest BCUT2D eigenvalue weighted by molar-refractivity contribution is 5.26. The van der Waals surface area contributed by atoms with Crippen LogP contribution in [-0.4, -0.2) is 0 Å². The SMILES string of the molecule is CCc1cccc(C(NN)C(CC)CC)c1. The quantitative estimate of drug-likeness (QED) is 0.571. The van der Waals surface area contributed by atoms with Crippen molar-refractivity contribution in [1.29, 1.82) is 0 Å². The summed E-state index contributed by atoms with van der Waals surface area (Å²) in [6.45, 7) is 6.63. The number of hydrazine groups is 1. The second kappa shape index (κ2) is 6.66. The largest absolute Gasteiger partial charge is 0.271 e. The minimum Gasteiger partial charge on any atom is -0.271 e. The lowest BCUT2D eigenvalue weighted by Gasteiger charge is -2.25. The summed E-state index contributed by atoms with van der Waals surface area (Å²) in [5.74, 6) is 6.31. The van der Waals surface area contributed by atoms with Crippen LogP contribution in [0.2, 0.25) is 0 Å². The molecule has 0 amide bonds. The number of nitrogens with one attached hydrogen (secondary N) is 1. The number of aryl methyl sites for hydroxylation is 1. The molecule has 1 atom stereocenters. The number of hydrogen-bond donors (Lipinski definition) is 2. The minimum absolute atomic E-state index is 0.279. The zero-order chi connectivity index (χ0) is 12.0. The molecule has 0 fully saturated rings. The molecule has 0 aliphatic rings. The van der Waals surface area contributed by atoms with Gasteiger partial charge in [-0.15, -0.1) is 0 Å². The van der Waals surface area contributed by atoms with Crippen LogP contribution in [0, 0.1) is 5.92 Å². The van der Waals surface area contributed by atoms with Gasteiger partial charge in [0, 0.05) is 6.04 Å². The molecule has 0 aliphatic heterocycles. The fourth-order valence-corrected chi connectivity index (χ4v) is 2.27. The van der Waals surface area contributed by atoms with Gasteiger partial charge in [-0.25, -0.2) is 0 Å². The van der Waals surface area contributed by atoms with Crippen molar-refractivity contribution in [2.24, 2.45) is 11.8 Å². The van der Waals surface area contributed by atoms with E-state index >= 15 is 0 Å². The van der Waals surface area contributed by atoms with E-state index in [0.29, 0.717) is 5.92 Å². The Kier molecular flexibility index (Phi) is 5.50. The van der Waals surface area contributed by atoms with Crippen molar-refractivity contribution in [3.63, 3.8) is 0 Å². The summed E-state index contributed by atoms with van der Waals surface area (Å²) < 4.78 is 0. The molecule has 0 aliphatic carbocycles. The summed E-state index contributed by atoms with van der Waals surface area (Å²) in [6, 6.07) is 9.01. The molecular formula is C14H24N2. The Morgan fingerprint density at radius 3 is 2.38 bits per heavy atom. The van der Waals surface area contributed by atoms with E-state index < -0.39 is 0 Å². The van der Waals surface area contributed by atoms with Crippen LogP contribution in [-0.2, 0) is 6.42 Å². The van der Waals surface area contributed by atoms with E-state index in [9.17, 15) is 0 Å². The van der Waals surface area contributed by atoms with Gasteiger partial charge in [0.25, 0.3) is 0 Å². The number of benzene rings is 1. The van der Waals surface area contributed by atoms with Gasteiger partial charge in [-0.2, -0.15) is 0 Å². The van der Waals surface area contributed by atoms with E-state index in [2.05, 4.69) is 50.5 Å². The first-order valence-corrected chi connectivity index (χ1v) is 6.31. The van der Waals surface area contributed by atoms with Crippen molar-refractivity contribution in [3.05, 3.63) is 35.4 Å². The maximum atomic E-state index is 5.70. The van der Waals surface area contributed by atoms with Crippen molar-refractivity contribution in [1.82, 2.24) is 5.43 Å². The average molecular weight is 220 g/mol. The predicted molar refractivity (Wildman–Crippen MR) is 70.0 cm³/mol. The fraction of sp³-hybridized carbons (Fsp3) is 0.571. The molecule has 0 aromatic heterocycles. The van der Waals surface area contributed by atoms with E-state index in [-0.39, 0.29) is 6.04 Å². The molecule has 16 heavy (non-hydrogen) atoms. The summed E-state index contributed by atoms with van der Waals surface area (Å²) in [7, 11) is 0. The molecule has 0 saturated heterocycles. The first-order valence-electron chi connectivity index (χ1n) is 6.31. The van der Waals surface area contributed by atoms with Crippen LogP contribution in [0.5, 0.6) is 0 Å². The molecule has 0 radical (unpaired) electrons. The number of nitrogens with two attached hydrogens (primary N) is 1. The maximum Gasteiger partial charge on any atom is 0.0488 e. The monoisotopic (exact) mass is 220 g/mol. The van der Waals surface area contributed by atoms with Crippen molar-refractivity contribution < 1.29 is 0 Å². The van der Waals surface area contributed by atoms with Gasteiger partial charge in [0.05, 0.1) is 0 Å².